The van der Waals surface area contributed by atoms with Gasteiger partial charge in [0.1, 0.15) is 5.75 Å². The molecule has 0 aromatic heterocycles. The Labute approximate surface area is 167 Å². The fourth-order valence-corrected chi connectivity index (χ4v) is 2.85. The molecule has 2 rings (SSSR count). The molecule has 0 atom stereocenters. The highest BCUT2D eigenvalue weighted by Crippen LogP contribution is 2.27. The molecule has 2 N–H and O–H groups in total. The van der Waals surface area contributed by atoms with E-state index in [1.165, 1.54) is 5.56 Å². The van der Waals surface area contributed by atoms with Crippen LogP contribution in [-0.2, 0) is 12.0 Å². The molecule has 0 saturated heterocycles. The van der Waals surface area contributed by atoms with E-state index in [0.717, 1.165) is 23.8 Å². The Kier molecular flexibility index (Phi) is 7.55. The van der Waals surface area contributed by atoms with Gasteiger partial charge in [-0.05, 0) is 35.4 Å². The molecule has 28 heavy (non-hydrogen) atoms. The Morgan fingerprint density at radius 3 is 2.32 bits per heavy atom. The van der Waals surface area contributed by atoms with E-state index in [0.29, 0.717) is 18.0 Å². The molecule has 0 heterocycles. The van der Waals surface area contributed by atoms with E-state index in [9.17, 15) is 0 Å². The van der Waals surface area contributed by atoms with Gasteiger partial charge in [0.25, 0.3) is 0 Å². The van der Waals surface area contributed by atoms with E-state index in [1.807, 2.05) is 30.3 Å². The van der Waals surface area contributed by atoms with Crippen molar-refractivity contribution >= 4 is 5.96 Å². The van der Waals surface area contributed by atoms with E-state index in [4.69, 9.17) is 14.2 Å². The molecular formula is C22H31N3O3. The van der Waals surface area contributed by atoms with Crippen LogP contribution in [0.5, 0.6) is 17.2 Å². The molecule has 0 aliphatic rings. The Balaban J connectivity index is 1.97. The Morgan fingerprint density at radius 1 is 0.929 bits per heavy atom. The summed E-state index contributed by atoms with van der Waals surface area (Å²) in [4.78, 5) is 4.32. The number of hydrogen-bond donors (Lipinski definition) is 2. The molecule has 0 amide bonds. The van der Waals surface area contributed by atoms with E-state index in [-0.39, 0.29) is 5.41 Å². The number of nitrogens with one attached hydrogen (secondary N) is 2. The monoisotopic (exact) mass is 385 g/mol. The lowest BCUT2D eigenvalue weighted by molar-refractivity contribution is 0.354. The van der Waals surface area contributed by atoms with Gasteiger partial charge >= 0.3 is 0 Å². The lowest BCUT2D eigenvalue weighted by Crippen LogP contribution is -2.43. The first-order valence-electron chi connectivity index (χ1n) is 9.23. The number of benzene rings is 2. The first-order valence-corrected chi connectivity index (χ1v) is 9.23. The van der Waals surface area contributed by atoms with Crippen molar-refractivity contribution in [1.82, 2.24) is 10.6 Å². The summed E-state index contributed by atoms with van der Waals surface area (Å²) < 4.78 is 16.0. The van der Waals surface area contributed by atoms with Crippen molar-refractivity contribution in [2.45, 2.75) is 25.8 Å². The van der Waals surface area contributed by atoms with Crippen molar-refractivity contribution in [2.24, 2.45) is 4.99 Å². The molecule has 152 valence electrons. The summed E-state index contributed by atoms with van der Waals surface area (Å²) in [6.45, 7) is 5.73. The van der Waals surface area contributed by atoms with Crippen LogP contribution in [0.25, 0.3) is 0 Å². The first-order chi connectivity index (χ1) is 13.4. The van der Waals surface area contributed by atoms with Crippen LogP contribution >= 0.6 is 0 Å². The third kappa shape index (κ3) is 5.55. The standard InChI is InChI=1S/C22H31N3O3/c1-22(2,17-8-7-9-18(13-17)26-4)15-25-21(23-3)24-14-16-10-11-19(27-5)20(12-16)28-6/h7-13H,14-15H2,1-6H3,(H2,23,24,25). The van der Waals surface area contributed by atoms with Crippen LogP contribution in [0, 0.1) is 0 Å². The molecule has 6 heteroatoms. The van der Waals surface area contributed by atoms with Gasteiger partial charge in [0.05, 0.1) is 21.3 Å². The topological polar surface area (TPSA) is 64.1 Å². The van der Waals surface area contributed by atoms with Crippen molar-refractivity contribution < 1.29 is 14.2 Å². The SMILES string of the molecule is CN=C(NCc1ccc(OC)c(OC)c1)NCC(C)(C)c1cccc(OC)c1. The van der Waals surface area contributed by atoms with Crippen molar-refractivity contribution in [2.75, 3.05) is 34.9 Å². The zero-order valence-corrected chi connectivity index (χ0v) is 17.6. The highest BCUT2D eigenvalue weighted by atomic mass is 16.5. The number of ether oxygens (including phenoxy) is 3. The van der Waals surface area contributed by atoms with Crippen molar-refractivity contribution in [3.8, 4) is 17.2 Å². The molecule has 0 fully saturated rings. The first kappa shape index (κ1) is 21.4. The normalized spacial score (nSPS) is 11.7. The number of methoxy groups -OCH3 is 3. The minimum absolute atomic E-state index is 0.0878. The van der Waals surface area contributed by atoms with Gasteiger partial charge < -0.3 is 24.8 Å². The maximum absolute atomic E-state index is 5.36. The van der Waals surface area contributed by atoms with E-state index >= 15 is 0 Å². The quantitative estimate of drug-likeness (QED) is 0.539. The largest absolute Gasteiger partial charge is 0.497 e. The van der Waals surface area contributed by atoms with E-state index in [1.54, 1.807) is 28.4 Å². The van der Waals surface area contributed by atoms with E-state index in [2.05, 4.69) is 41.6 Å². The average Bonchev–Trinajstić information content (AvgIpc) is 2.73. The number of aliphatic imine (C=N–C) groups is 1. The van der Waals surface area contributed by atoms with Gasteiger partial charge in [0, 0.05) is 25.6 Å². The Bertz CT molecular complexity index is 803. The van der Waals surface area contributed by atoms with Gasteiger partial charge in [-0.3, -0.25) is 4.99 Å². The van der Waals surface area contributed by atoms with Gasteiger partial charge in [-0.2, -0.15) is 0 Å². The molecule has 0 aliphatic heterocycles. The maximum atomic E-state index is 5.36. The predicted molar refractivity (Wildman–Crippen MR) is 114 cm³/mol. The number of hydrogen-bond acceptors (Lipinski definition) is 4. The third-order valence-corrected chi connectivity index (χ3v) is 4.68. The predicted octanol–water partition coefficient (Wildman–Crippen LogP) is 3.36. The molecule has 0 bridgehead atoms. The van der Waals surface area contributed by atoms with Crippen molar-refractivity contribution in [1.29, 1.82) is 0 Å². The van der Waals surface area contributed by atoms with Crippen LogP contribution in [-0.4, -0.2) is 40.9 Å². The molecule has 0 saturated carbocycles. The molecule has 0 radical (unpaired) electrons. The van der Waals surface area contributed by atoms with Gasteiger partial charge in [-0.15, -0.1) is 0 Å². The van der Waals surface area contributed by atoms with Crippen LogP contribution in [0.4, 0.5) is 0 Å². The molecule has 0 unspecified atom stereocenters. The Morgan fingerprint density at radius 2 is 1.68 bits per heavy atom. The van der Waals surface area contributed by atoms with Crippen LogP contribution in [0.3, 0.4) is 0 Å². The van der Waals surface area contributed by atoms with Crippen LogP contribution in [0.1, 0.15) is 25.0 Å². The zero-order chi connectivity index (χ0) is 20.6. The summed E-state index contributed by atoms with van der Waals surface area (Å²) in [6, 6.07) is 14.0. The molecule has 0 aliphatic carbocycles. The third-order valence-electron chi connectivity index (χ3n) is 4.68. The van der Waals surface area contributed by atoms with Crippen molar-refractivity contribution in [3.05, 3.63) is 53.6 Å². The zero-order valence-electron chi connectivity index (χ0n) is 17.6. The van der Waals surface area contributed by atoms with Crippen LogP contribution in [0.15, 0.2) is 47.5 Å². The van der Waals surface area contributed by atoms with Gasteiger partial charge in [-0.25, -0.2) is 0 Å². The molecule has 0 spiro atoms. The number of nitrogens with zero attached hydrogens (tertiary/aromatic N) is 1. The van der Waals surface area contributed by atoms with E-state index < -0.39 is 0 Å². The second-order valence-corrected chi connectivity index (χ2v) is 7.08. The highest BCUT2D eigenvalue weighted by molar-refractivity contribution is 5.79. The summed E-state index contributed by atoms with van der Waals surface area (Å²) in [5.74, 6) is 3.03. The van der Waals surface area contributed by atoms with Gasteiger partial charge in [-0.1, -0.05) is 32.0 Å². The lowest BCUT2D eigenvalue weighted by atomic mass is 9.84. The summed E-state index contributed by atoms with van der Waals surface area (Å²) in [5, 5.41) is 6.75. The fourth-order valence-electron chi connectivity index (χ4n) is 2.85. The average molecular weight is 386 g/mol. The number of rotatable bonds is 8. The summed E-state index contributed by atoms with van der Waals surface area (Å²) in [5.41, 5.74) is 2.19. The molecular weight excluding hydrogens is 354 g/mol. The summed E-state index contributed by atoms with van der Waals surface area (Å²) in [7, 11) is 6.72. The van der Waals surface area contributed by atoms with Crippen LogP contribution in [0.2, 0.25) is 0 Å². The van der Waals surface area contributed by atoms with Crippen molar-refractivity contribution in [3.63, 3.8) is 0 Å². The highest BCUT2D eigenvalue weighted by Gasteiger charge is 2.21. The summed E-state index contributed by atoms with van der Waals surface area (Å²) in [6.07, 6.45) is 0. The molecule has 2 aromatic rings. The minimum Gasteiger partial charge on any atom is -0.497 e. The second-order valence-electron chi connectivity index (χ2n) is 7.08. The van der Waals surface area contributed by atoms with Gasteiger partial charge in [0.15, 0.2) is 17.5 Å². The van der Waals surface area contributed by atoms with Gasteiger partial charge in [0.2, 0.25) is 0 Å². The molecule has 2 aromatic carbocycles. The maximum Gasteiger partial charge on any atom is 0.191 e. The van der Waals surface area contributed by atoms with Crippen LogP contribution < -0.4 is 24.8 Å². The summed E-state index contributed by atoms with van der Waals surface area (Å²) >= 11 is 0. The molecule has 6 nitrogen and oxygen atoms in total. The number of guanidine groups is 1. The smallest absolute Gasteiger partial charge is 0.191 e. The lowest BCUT2D eigenvalue weighted by Gasteiger charge is -2.27. The Hall–Kier alpha value is -2.89. The fraction of sp³-hybridized carbons (Fsp3) is 0.409. The minimum atomic E-state index is -0.0878. The second kappa shape index (κ2) is 9.88.